The standard InChI is InChI=1S/C13H14F2N2S/c1-3-16-8(2)12-7-17-13(18-12)9-4-10(14)6-11(15)5-9/h4-8,16H,3H2,1-2H3. The number of benzene rings is 1. The first kappa shape index (κ1) is 13.1. The molecule has 96 valence electrons. The molecule has 1 aromatic heterocycles. The maximum absolute atomic E-state index is 13.1. The lowest BCUT2D eigenvalue weighted by Crippen LogP contribution is -2.16. The highest BCUT2D eigenvalue weighted by molar-refractivity contribution is 7.15. The Balaban J connectivity index is 2.29. The Morgan fingerprint density at radius 2 is 1.94 bits per heavy atom. The van der Waals surface area contributed by atoms with E-state index in [4.69, 9.17) is 0 Å². The van der Waals surface area contributed by atoms with Gasteiger partial charge in [0.25, 0.3) is 0 Å². The molecule has 1 unspecified atom stereocenters. The second kappa shape index (κ2) is 5.54. The van der Waals surface area contributed by atoms with Crippen LogP contribution >= 0.6 is 11.3 Å². The van der Waals surface area contributed by atoms with Crippen molar-refractivity contribution in [1.82, 2.24) is 10.3 Å². The van der Waals surface area contributed by atoms with Crippen LogP contribution < -0.4 is 5.32 Å². The lowest BCUT2D eigenvalue weighted by molar-refractivity contribution is 0.584. The fourth-order valence-electron chi connectivity index (χ4n) is 1.70. The van der Waals surface area contributed by atoms with Crippen molar-refractivity contribution in [3.8, 4) is 10.6 Å². The molecule has 0 saturated carbocycles. The van der Waals surface area contributed by atoms with Crippen molar-refractivity contribution in [1.29, 1.82) is 0 Å². The molecule has 1 heterocycles. The maximum atomic E-state index is 13.1. The minimum absolute atomic E-state index is 0.194. The third kappa shape index (κ3) is 2.91. The zero-order valence-corrected chi connectivity index (χ0v) is 11.0. The summed E-state index contributed by atoms with van der Waals surface area (Å²) in [6.07, 6.45) is 1.75. The largest absolute Gasteiger partial charge is 0.310 e. The minimum atomic E-state index is -0.582. The van der Waals surface area contributed by atoms with Crippen molar-refractivity contribution in [3.63, 3.8) is 0 Å². The van der Waals surface area contributed by atoms with E-state index in [0.717, 1.165) is 17.5 Å². The van der Waals surface area contributed by atoms with E-state index in [2.05, 4.69) is 10.3 Å². The molecule has 2 rings (SSSR count). The topological polar surface area (TPSA) is 24.9 Å². The van der Waals surface area contributed by atoms with Gasteiger partial charge in [0, 0.05) is 28.7 Å². The summed E-state index contributed by atoms with van der Waals surface area (Å²) in [4.78, 5) is 5.27. The summed E-state index contributed by atoms with van der Waals surface area (Å²) >= 11 is 1.44. The highest BCUT2D eigenvalue weighted by Gasteiger charge is 2.11. The Kier molecular flexibility index (Phi) is 4.04. The Hall–Kier alpha value is -1.33. The molecule has 0 saturated heterocycles. The van der Waals surface area contributed by atoms with E-state index in [1.807, 2.05) is 13.8 Å². The lowest BCUT2D eigenvalue weighted by Gasteiger charge is -2.08. The fraction of sp³-hybridized carbons (Fsp3) is 0.308. The van der Waals surface area contributed by atoms with Gasteiger partial charge >= 0.3 is 0 Å². The minimum Gasteiger partial charge on any atom is -0.310 e. The van der Waals surface area contributed by atoms with Gasteiger partial charge in [0.1, 0.15) is 16.6 Å². The van der Waals surface area contributed by atoms with Crippen LogP contribution in [0.15, 0.2) is 24.4 Å². The molecule has 0 radical (unpaired) electrons. The Labute approximate surface area is 109 Å². The molecular weight excluding hydrogens is 254 g/mol. The number of rotatable bonds is 4. The summed E-state index contributed by atoms with van der Waals surface area (Å²) < 4.78 is 26.2. The summed E-state index contributed by atoms with van der Waals surface area (Å²) in [5.41, 5.74) is 0.479. The first-order chi connectivity index (χ1) is 8.60. The summed E-state index contributed by atoms with van der Waals surface area (Å²) in [7, 11) is 0. The third-order valence-electron chi connectivity index (χ3n) is 2.57. The van der Waals surface area contributed by atoms with Crippen molar-refractivity contribution < 1.29 is 8.78 Å². The molecular formula is C13H14F2N2S. The van der Waals surface area contributed by atoms with Crippen LogP contribution in [-0.4, -0.2) is 11.5 Å². The summed E-state index contributed by atoms with van der Waals surface area (Å²) in [5.74, 6) is -1.16. The molecule has 0 bridgehead atoms. The van der Waals surface area contributed by atoms with E-state index in [-0.39, 0.29) is 6.04 Å². The van der Waals surface area contributed by atoms with Crippen LogP contribution in [0.3, 0.4) is 0 Å². The molecule has 0 aliphatic carbocycles. The van der Waals surface area contributed by atoms with E-state index >= 15 is 0 Å². The van der Waals surface area contributed by atoms with Crippen LogP contribution in [0.2, 0.25) is 0 Å². The van der Waals surface area contributed by atoms with Crippen LogP contribution in [0, 0.1) is 11.6 Å². The van der Waals surface area contributed by atoms with E-state index < -0.39 is 11.6 Å². The van der Waals surface area contributed by atoms with Crippen LogP contribution in [0.5, 0.6) is 0 Å². The van der Waals surface area contributed by atoms with Gasteiger partial charge in [-0.05, 0) is 25.6 Å². The zero-order chi connectivity index (χ0) is 13.1. The van der Waals surface area contributed by atoms with Gasteiger partial charge in [-0.3, -0.25) is 0 Å². The average molecular weight is 268 g/mol. The molecule has 2 nitrogen and oxygen atoms in total. The van der Waals surface area contributed by atoms with Crippen LogP contribution in [0.1, 0.15) is 24.8 Å². The summed E-state index contributed by atoms with van der Waals surface area (Å²) in [6, 6.07) is 3.65. The number of hydrogen-bond donors (Lipinski definition) is 1. The molecule has 0 fully saturated rings. The van der Waals surface area contributed by atoms with E-state index in [1.54, 1.807) is 6.20 Å². The molecule has 0 aliphatic heterocycles. The quantitative estimate of drug-likeness (QED) is 0.913. The first-order valence-electron chi connectivity index (χ1n) is 5.75. The van der Waals surface area contributed by atoms with Crippen molar-refractivity contribution in [2.45, 2.75) is 19.9 Å². The second-order valence-electron chi connectivity index (χ2n) is 4.01. The highest BCUT2D eigenvalue weighted by atomic mass is 32.1. The Morgan fingerprint density at radius 3 is 2.56 bits per heavy atom. The number of halogens is 2. The number of nitrogens with zero attached hydrogens (tertiary/aromatic N) is 1. The number of nitrogens with one attached hydrogen (secondary N) is 1. The van der Waals surface area contributed by atoms with E-state index in [0.29, 0.717) is 10.6 Å². The van der Waals surface area contributed by atoms with Gasteiger partial charge in [-0.25, -0.2) is 13.8 Å². The number of aromatic nitrogens is 1. The molecule has 0 spiro atoms. The zero-order valence-electron chi connectivity index (χ0n) is 10.2. The molecule has 0 amide bonds. The molecule has 1 N–H and O–H groups in total. The Bertz CT molecular complexity index is 519. The van der Waals surface area contributed by atoms with Crippen molar-refractivity contribution in [3.05, 3.63) is 40.9 Å². The maximum Gasteiger partial charge on any atom is 0.126 e. The number of thiazole rings is 1. The van der Waals surface area contributed by atoms with Gasteiger partial charge in [0.2, 0.25) is 0 Å². The first-order valence-corrected chi connectivity index (χ1v) is 6.57. The summed E-state index contributed by atoms with van der Waals surface area (Å²) in [5, 5.41) is 3.90. The van der Waals surface area contributed by atoms with Gasteiger partial charge in [0.05, 0.1) is 0 Å². The average Bonchev–Trinajstić information content (AvgIpc) is 2.77. The fourth-order valence-corrected chi connectivity index (χ4v) is 2.63. The number of hydrogen-bond acceptors (Lipinski definition) is 3. The molecule has 1 atom stereocenters. The van der Waals surface area contributed by atoms with Gasteiger partial charge < -0.3 is 5.32 Å². The van der Waals surface area contributed by atoms with Crippen LogP contribution in [-0.2, 0) is 0 Å². The van der Waals surface area contributed by atoms with Crippen LogP contribution in [0.25, 0.3) is 10.6 Å². The van der Waals surface area contributed by atoms with E-state index in [9.17, 15) is 8.78 Å². The van der Waals surface area contributed by atoms with E-state index in [1.165, 1.54) is 23.5 Å². The predicted octanol–water partition coefficient (Wildman–Crippen LogP) is 3.76. The highest BCUT2D eigenvalue weighted by Crippen LogP contribution is 2.29. The van der Waals surface area contributed by atoms with Crippen molar-refractivity contribution >= 4 is 11.3 Å². The normalized spacial score (nSPS) is 12.7. The van der Waals surface area contributed by atoms with Gasteiger partial charge in [-0.2, -0.15) is 0 Å². The SMILES string of the molecule is CCNC(C)c1cnc(-c2cc(F)cc(F)c2)s1. The van der Waals surface area contributed by atoms with Gasteiger partial charge in [-0.15, -0.1) is 11.3 Å². The van der Waals surface area contributed by atoms with Gasteiger partial charge in [0.15, 0.2) is 0 Å². The third-order valence-corrected chi connectivity index (χ3v) is 3.80. The van der Waals surface area contributed by atoms with Crippen molar-refractivity contribution in [2.24, 2.45) is 0 Å². The Morgan fingerprint density at radius 1 is 1.28 bits per heavy atom. The molecule has 5 heteroatoms. The second-order valence-corrected chi connectivity index (χ2v) is 5.07. The van der Waals surface area contributed by atoms with Gasteiger partial charge in [-0.1, -0.05) is 6.92 Å². The van der Waals surface area contributed by atoms with Crippen LogP contribution in [0.4, 0.5) is 8.78 Å². The summed E-state index contributed by atoms with van der Waals surface area (Å²) in [6.45, 7) is 4.93. The molecule has 0 aliphatic rings. The smallest absolute Gasteiger partial charge is 0.126 e. The lowest BCUT2D eigenvalue weighted by atomic mass is 10.2. The molecule has 18 heavy (non-hydrogen) atoms. The predicted molar refractivity (Wildman–Crippen MR) is 69.6 cm³/mol. The molecule has 1 aromatic carbocycles. The van der Waals surface area contributed by atoms with Crippen molar-refractivity contribution in [2.75, 3.05) is 6.54 Å². The monoisotopic (exact) mass is 268 g/mol. The molecule has 2 aromatic rings.